The minimum absolute atomic E-state index is 0.0365. The molecule has 7 heteroatoms. The van der Waals surface area contributed by atoms with Crippen molar-refractivity contribution in [2.24, 2.45) is 0 Å². The van der Waals surface area contributed by atoms with Crippen LogP contribution in [0.5, 0.6) is 5.75 Å². The molecule has 0 unspecified atom stereocenters. The van der Waals surface area contributed by atoms with Gasteiger partial charge in [0.25, 0.3) is 5.89 Å². The number of hydrogen-bond donors (Lipinski definition) is 0. The first-order chi connectivity index (χ1) is 13.0. The number of esters is 1. The molecule has 0 aliphatic rings. The average Bonchev–Trinajstić information content (AvgIpc) is 3.14. The van der Waals surface area contributed by atoms with Crippen molar-refractivity contribution in [2.75, 3.05) is 6.61 Å². The number of aromatic nitrogens is 2. The number of aryl methyl sites for hydroxylation is 1. The van der Waals surface area contributed by atoms with Crippen molar-refractivity contribution in [3.63, 3.8) is 0 Å². The summed E-state index contributed by atoms with van der Waals surface area (Å²) >= 11 is 0. The number of rotatable bonds is 7. The first kappa shape index (κ1) is 18.3. The van der Waals surface area contributed by atoms with Crippen molar-refractivity contribution in [3.05, 3.63) is 65.5 Å². The number of benzene rings is 2. The van der Waals surface area contributed by atoms with Crippen LogP contribution in [0.1, 0.15) is 28.7 Å². The smallest absolute Gasteiger partial charge is 0.344 e. The summed E-state index contributed by atoms with van der Waals surface area (Å²) in [5.74, 6) is 0.511. The molecule has 2 aromatic carbocycles. The van der Waals surface area contributed by atoms with Crippen LogP contribution >= 0.6 is 0 Å². The summed E-state index contributed by atoms with van der Waals surface area (Å²) in [5, 5.41) is 3.91. The summed E-state index contributed by atoms with van der Waals surface area (Å²) in [4.78, 5) is 27.3. The van der Waals surface area contributed by atoms with Crippen molar-refractivity contribution >= 4 is 11.8 Å². The van der Waals surface area contributed by atoms with Crippen LogP contribution in [0.25, 0.3) is 11.4 Å². The fourth-order valence-electron chi connectivity index (χ4n) is 2.36. The number of carbonyl (C=O) groups excluding carboxylic acids is 2. The molecule has 0 saturated heterocycles. The van der Waals surface area contributed by atoms with Crippen LogP contribution in [-0.2, 0) is 16.1 Å². The molecule has 7 nitrogen and oxygen atoms in total. The highest BCUT2D eigenvalue weighted by Gasteiger charge is 2.13. The van der Waals surface area contributed by atoms with Crippen molar-refractivity contribution < 1.29 is 23.6 Å². The lowest BCUT2D eigenvalue weighted by molar-refractivity contribution is -0.148. The van der Waals surface area contributed by atoms with Gasteiger partial charge in [-0.2, -0.15) is 4.98 Å². The predicted octanol–water partition coefficient (Wildman–Crippen LogP) is 3.37. The number of Topliss-reactive ketones (excluding diaryl/α,β-unsaturated/α-hetero) is 1. The zero-order valence-corrected chi connectivity index (χ0v) is 15.0. The van der Waals surface area contributed by atoms with Crippen LogP contribution in [0, 0.1) is 6.92 Å². The van der Waals surface area contributed by atoms with Gasteiger partial charge >= 0.3 is 5.97 Å². The molecular weight excluding hydrogens is 348 g/mol. The van der Waals surface area contributed by atoms with Gasteiger partial charge in [-0.1, -0.05) is 29.4 Å². The molecule has 1 heterocycles. The summed E-state index contributed by atoms with van der Waals surface area (Å²) in [6.45, 7) is 3.03. The number of ether oxygens (including phenoxy) is 2. The molecule has 0 bridgehead atoms. The van der Waals surface area contributed by atoms with Crippen molar-refractivity contribution in [1.29, 1.82) is 0 Å². The van der Waals surface area contributed by atoms with E-state index in [1.165, 1.54) is 6.92 Å². The molecule has 3 aromatic rings. The van der Waals surface area contributed by atoms with E-state index in [9.17, 15) is 9.59 Å². The molecule has 0 spiro atoms. The van der Waals surface area contributed by atoms with Crippen LogP contribution in [0.3, 0.4) is 0 Å². The van der Waals surface area contributed by atoms with Crippen molar-refractivity contribution in [1.82, 2.24) is 10.1 Å². The summed E-state index contributed by atoms with van der Waals surface area (Å²) in [6, 6.07) is 14.2. The van der Waals surface area contributed by atoms with Gasteiger partial charge in [0.05, 0.1) is 0 Å². The minimum Gasteiger partial charge on any atom is -0.482 e. The van der Waals surface area contributed by atoms with Gasteiger partial charge in [0.2, 0.25) is 5.82 Å². The van der Waals surface area contributed by atoms with Crippen LogP contribution in [-0.4, -0.2) is 28.5 Å². The van der Waals surface area contributed by atoms with E-state index < -0.39 is 5.97 Å². The first-order valence-corrected chi connectivity index (χ1v) is 8.31. The normalized spacial score (nSPS) is 10.4. The van der Waals surface area contributed by atoms with Crippen LogP contribution < -0.4 is 4.74 Å². The molecule has 0 atom stereocenters. The predicted molar refractivity (Wildman–Crippen MR) is 96.2 cm³/mol. The Morgan fingerprint density at radius 1 is 1.07 bits per heavy atom. The highest BCUT2D eigenvalue weighted by atomic mass is 16.6. The van der Waals surface area contributed by atoms with Crippen molar-refractivity contribution in [2.45, 2.75) is 20.5 Å². The highest BCUT2D eigenvalue weighted by Crippen LogP contribution is 2.20. The van der Waals surface area contributed by atoms with Crippen LogP contribution in [0.15, 0.2) is 53.1 Å². The third-order valence-corrected chi connectivity index (χ3v) is 3.83. The van der Waals surface area contributed by atoms with E-state index in [1.807, 2.05) is 31.2 Å². The van der Waals surface area contributed by atoms with Crippen LogP contribution in [0.4, 0.5) is 0 Å². The molecule has 27 heavy (non-hydrogen) atoms. The highest BCUT2D eigenvalue weighted by molar-refractivity contribution is 5.94. The first-order valence-electron chi connectivity index (χ1n) is 8.31. The number of hydrogen-bond acceptors (Lipinski definition) is 7. The second-order valence-electron chi connectivity index (χ2n) is 5.86. The zero-order chi connectivity index (χ0) is 19.2. The van der Waals surface area contributed by atoms with E-state index >= 15 is 0 Å². The molecule has 0 saturated carbocycles. The van der Waals surface area contributed by atoms with Gasteiger partial charge in [-0.05, 0) is 43.7 Å². The molecule has 0 fully saturated rings. The maximum atomic E-state index is 11.8. The van der Waals surface area contributed by atoms with E-state index in [0.717, 1.165) is 11.1 Å². The van der Waals surface area contributed by atoms with E-state index in [1.54, 1.807) is 24.3 Å². The Kier molecular flexibility index (Phi) is 5.61. The molecule has 138 valence electrons. The van der Waals surface area contributed by atoms with E-state index in [-0.39, 0.29) is 24.9 Å². The maximum absolute atomic E-state index is 11.8. The van der Waals surface area contributed by atoms with E-state index in [4.69, 9.17) is 14.0 Å². The molecule has 0 aliphatic carbocycles. The largest absolute Gasteiger partial charge is 0.482 e. The topological polar surface area (TPSA) is 91.5 Å². The molecule has 0 aliphatic heterocycles. The average molecular weight is 366 g/mol. The molecular formula is C20H18N2O5. The molecule has 1 aromatic heterocycles. The lowest BCUT2D eigenvalue weighted by atomic mass is 10.1. The Hall–Kier alpha value is -3.48. The number of ketones is 1. The Morgan fingerprint density at radius 3 is 2.52 bits per heavy atom. The summed E-state index contributed by atoms with van der Waals surface area (Å²) in [5.41, 5.74) is 2.45. The van der Waals surface area contributed by atoms with Crippen LogP contribution in [0.2, 0.25) is 0 Å². The second-order valence-corrected chi connectivity index (χ2v) is 5.86. The lowest BCUT2D eigenvalue weighted by Gasteiger charge is -2.06. The third kappa shape index (κ3) is 4.78. The SMILES string of the molecule is CC(=O)c1ccc(OCC(=O)OCc2nc(-c3ccccc3C)no2)cc1. The Bertz CT molecular complexity index is 947. The van der Waals surface area contributed by atoms with Gasteiger partial charge in [0.1, 0.15) is 5.75 Å². The minimum atomic E-state index is -0.568. The lowest BCUT2D eigenvalue weighted by Crippen LogP contribution is -2.14. The number of nitrogens with zero attached hydrogens (tertiary/aromatic N) is 2. The van der Waals surface area contributed by atoms with Gasteiger partial charge in [0, 0.05) is 11.1 Å². The summed E-state index contributed by atoms with van der Waals surface area (Å²) in [6.07, 6.45) is 0. The molecule has 0 radical (unpaired) electrons. The number of carbonyl (C=O) groups is 2. The van der Waals surface area contributed by atoms with Gasteiger partial charge in [-0.3, -0.25) is 4.79 Å². The Morgan fingerprint density at radius 2 is 1.81 bits per heavy atom. The Labute approximate surface area is 155 Å². The van der Waals surface area contributed by atoms with Gasteiger partial charge in [-0.25, -0.2) is 4.79 Å². The third-order valence-electron chi connectivity index (χ3n) is 3.83. The monoisotopic (exact) mass is 366 g/mol. The Balaban J connectivity index is 1.49. The standard InChI is InChI=1S/C20H18N2O5/c1-13-5-3-4-6-17(13)20-21-18(27-22-20)11-26-19(24)12-25-16-9-7-15(8-10-16)14(2)23/h3-10H,11-12H2,1-2H3. The molecule has 0 N–H and O–H groups in total. The van der Waals surface area contributed by atoms with Gasteiger partial charge in [-0.15, -0.1) is 0 Å². The van der Waals surface area contributed by atoms with Gasteiger partial charge < -0.3 is 14.0 Å². The fraction of sp³-hybridized carbons (Fsp3) is 0.200. The molecule has 3 rings (SSSR count). The summed E-state index contributed by atoms with van der Waals surface area (Å²) < 4.78 is 15.5. The van der Waals surface area contributed by atoms with Gasteiger partial charge in [0.15, 0.2) is 19.0 Å². The van der Waals surface area contributed by atoms with E-state index in [2.05, 4.69) is 10.1 Å². The maximum Gasteiger partial charge on any atom is 0.344 e. The quantitative estimate of drug-likeness (QED) is 0.467. The fourth-order valence-corrected chi connectivity index (χ4v) is 2.36. The summed E-state index contributed by atoms with van der Waals surface area (Å²) in [7, 11) is 0. The zero-order valence-electron chi connectivity index (χ0n) is 15.0. The van der Waals surface area contributed by atoms with Crippen molar-refractivity contribution in [3.8, 4) is 17.1 Å². The second kappa shape index (κ2) is 8.27. The molecule has 0 amide bonds. The van der Waals surface area contributed by atoms with E-state index in [0.29, 0.717) is 17.1 Å².